The summed E-state index contributed by atoms with van der Waals surface area (Å²) in [7, 11) is -10.4. The molecule has 3 N–H and O–H groups in total. The van der Waals surface area contributed by atoms with E-state index in [0.717, 1.165) is 11.6 Å². The lowest BCUT2D eigenvalue weighted by molar-refractivity contribution is 0.0706. The van der Waals surface area contributed by atoms with Crippen molar-refractivity contribution in [3.63, 3.8) is 0 Å². The molecule has 20 heavy (non-hydrogen) atoms. The Labute approximate surface area is 117 Å². The van der Waals surface area contributed by atoms with Gasteiger partial charge in [-0.3, -0.25) is 0 Å². The third kappa shape index (κ3) is 11.5. The second-order valence-corrected chi connectivity index (χ2v) is 7.11. The second kappa shape index (κ2) is 8.20. The molecule has 0 rings (SSSR count). The summed E-state index contributed by atoms with van der Waals surface area (Å²) in [5.41, 5.74) is 1.67. The van der Waals surface area contributed by atoms with Crippen LogP contribution in [0.3, 0.4) is 0 Å². The lowest BCUT2D eigenvalue weighted by Gasteiger charge is -2.13. The Kier molecular flexibility index (Phi) is 8.06. The molecule has 10 heteroatoms. The number of alkyl halides is 1. The fourth-order valence-corrected chi connectivity index (χ4v) is 2.75. The summed E-state index contributed by atoms with van der Waals surface area (Å²) in [4.78, 5) is 25.6. The second-order valence-electron chi connectivity index (χ2n) is 4.33. The summed E-state index contributed by atoms with van der Waals surface area (Å²) in [6.45, 7) is 5.43. The topological polar surface area (TPSA) is 113 Å². The van der Waals surface area contributed by atoms with Gasteiger partial charge in [-0.15, -0.1) is 0 Å². The fraction of sp³-hybridized carbons (Fsp3) is 0.600. The maximum absolute atomic E-state index is 13.3. The molecule has 0 saturated heterocycles. The molecule has 0 amide bonds. The average Bonchev–Trinajstić information content (AvgIpc) is 2.10. The monoisotopic (exact) mass is 332 g/mol. The number of hydrogen-bond acceptors (Lipinski definition) is 4. The third-order valence-electron chi connectivity index (χ3n) is 1.95. The third-order valence-corrected chi connectivity index (χ3v) is 4.09. The van der Waals surface area contributed by atoms with Crippen LogP contribution in [0.15, 0.2) is 23.3 Å². The zero-order valence-electron chi connectivity index (χ0n) is 11.4. The summed E-state index contributed by atoms with van der Waals surface area (Å²) in [6.07, 6.45) is 1.77. The highest BCUT2D eigenvalue weighted by atomic mass is 31.3. The minimum atomic E-state index is -5.24. The molecule has 0 spiro atoms. The summed E-state index contributed by atoms with van der Waals surface area (Å²) >= 11 is 0. The Bertz CT molecular complexity index is 464. The number of halogens is 1. The van der Waals surface area contributed by atoms with E-state index >= 15 is 0 Å². The quantitative estimate of drug-likeness (QED) is 0.462. The van der Waals surface area contributed by atoms with Crippen LogP contribution in [0, 0.1) is 0 Å². The summed E-state index contributed by atoms with van der Waals surface area (Å²) in [6, 6.07) is 0. The Morgan fingerprint density at radius 2 is 1.80 bits per heavy atom. The van der Waals surface area contributed by atoms with Crippen LogP contribution in [0.1, 0.15) is 33.6 Å². The van der Waals surface area contributed by atoms with Crippen LogP contribution in [0.25, 0.3) is 0 Å². The van der Waals surface area contributed by atoms with E-state index in [2.05, 4.69) is 8.83 Å². The van der Waals surface area contributed by atoms with Gasteiger partial charge in [0.25, 0.3) is 0 Å². The Morgan fingerprint density at radius 1 is 1.25 bits per heavy atom. The van der Waals surface area contributed by atoms with Crippen LogP contribution >= 0.6 is 15.6 Å². The lowest BCUT2D eigenvalue weighted by Crippen LogP contribution is -2.03. The molecule has 7 nitrogen and oxygen atoms in total. The van der Waals surface area contributed by atoms with Gasteiger partial charge in [0.15, 0.2) is 0 Å². The van der Waals surface area contributed by atoms with Gasteiger partial charge in [0.1, 0.15) is 0 Å². The summed E-state index contributed by atoms with van der Waals surface area (Å²) in [5, 5.41) is 0. The van der Waals surface area contributed by atoms with Gasteiger partial charge in [-0.25, -0.2) is 18.0 Å². The van der Waals surface area contributed by atoms with Crippen molar-refractivity contribution in [2.24, 2.45) is 0 Å². The van der Waals surface area contributed by atoms with Gasteiger partial charge in [0.2, 0.25) is 6.36 Å². The van der Waals surface area contributed by atoms with Crippen molar-refractivity contribution in [2.75, 3.05) is 0 Å². The standard InChI is InChI=1S/C10H19FO7P2/c1-8(2)5-4-6-9(3)7-10(11)17-20(15,16)18-19(12,13)14/h5,7,10H,4,6H2,1-3H3,(H,15,16)(H2,12,13,14). The van der Waals surface area contributed by atoms with E-state index in [-0.39, 0.29) is 0 Å². The van der Waals surface area contributed by atoms with Gasteiger partial charge in [-0.2, -0.15) is 4.31 Å². The van der Waals surface area contributed by atoms with Crippen molar-refractivity contribution in [1.82, 2.24) is 0 Å². The normalized spacial score (nSPS) is 17.4. The first-order valence-corrected chi connectivity index (χ1v) is 8.67. The van der Waals surface area contributed by atoms with Crippen LogP contribution in [-0.4, -0.2) is 21.0 Å². The molecule has 0 radical (unpaired) electrons. The smallest absolute Gasteiger partial charge is 0.302 e. The van der Waals surface area contributed by atoms with Crippen molar-refractivity contribution in [3.05, 3.63) is 23.3 Å². The molecule has 2 atom stereocenters. The Morgan fingerprint density at radius 3 is 2.25 bits per heavy atom. The zero-order chi connectivity index (χ0) is 16.0. The molecule has 0 aliphatic rings. The minimum absolute atomic E-state index is 0.518. The van der Waals surface area contributed by atoms with Gasteiger partial charge >= 0.3 is 15.6 Å². The molecule has 0 aromatic heterocycles. The molecule has 0 fully saturated rings. The molecule has 0 heterocycles. The molecule has 118 valence electrons. The lowest BCUT2D eigenvalue weighted by atomic mass is 10.1. The first kappa shape index (κ1) is 19.7. The van der Waals surface area contributed by atoms with Crippen molar-refractivity contribution < 1.29 is 37.0 Å². The van der Waals surface area contributed by atoms with Crippen LogP contribution < -0.4 is 0 Å². The van der Waals surface area contributed by atoms with Gasteiger partial charge < -0.3 is 14.7 Å². The maximum Gasteiger partial charge on any atom is 0.483 e. The average molecular weight is 332 g/mol. The van der Waals surface area contributed by atoms with Gasteiger partial charge in [0, 0.05) is 0 Å². The number of allylic oxidation sites excluding steroid dienone is 3. The predicted octanol–water partition coefficient (Wildman–Crippen LogP) is 3.20. The fourth-order valence-electron chi connectivity index (χ4n) is 1.21. The van der Waals surface area contributed by atoms with Gasteiger partial charge in [0.05, 0.1) is 0 Å². The first-order valence-electron chi connectivity index (χ1n) is 5.64. The molecule has 0 bridgehead atoms. The molecular formula is C10H19FO7P2. The van der Waals surface area contributed by atoms with Crippen molar-refractivity contribution >= 4 is 15.6 Å². The van der Waals surface area contributed by atoms with E-state index < -0.39 is 22.0 Å². The zero-order valence-corrected chi connectivity index (χ0v) is 13.2. The van der Waals surface area contributed by atoms with Crippen molar-refractivity contribution in [2.45, 2.75) is 40.0 Å². The number of phosphoric acid groups is 2. The van der Waals surface area contributed by atoms with Gasteiger partial charge in [-0.1, -0.05) is 17.2 Å². The Balaban J connectivity index is 4.46. The van der Waals surface area contributed by atoms with Crippen molar-refractivity contribution in [1.29, 1.82) is 0 Å². The van der Waals surface area contributed by atoms with E-state index in [1.165, 1.54) is 0 Å². The SMILES string of the molecule is CC(C)=CCCC(C)=CC(F)OP(=O)(O)OP(=O)(O)O. The highest BCUT2D eigenvalue weighted by Crippen LogP contribution is 2.58. The highest BCUT2D eigenvalue weighted by Gasteiger charge is 2.34. The molecule has 0 aromatic carbocycles. The largest absolute Gasteiger partial charge is 0.483 e. The number of rotatable bonds is 8. The molecule has 0 aliphatic heterocycles. The van der Waals surface area contributed by atoms with Crippen LogP contribution in [-0.2, 0) is 18.0 Å². The number of hydrogen-bond donors (Lipinski definition) is 3. The molecule has 0 aromatic rings. The number of phosphoric ester groups is 1. The Hall–Kier alpha value is -0.330. The van der Waals surface area contributed by atoms with Gasteiger partial charge in [-0.05, 0) is 39.7 Å². The molecule has 0 saturated carbocycles. The first-order chi connectivity index (χ1) is 8.91. The van der Waals surface area contributed by atoms with E-state index in [9.17, 15) is 13.5 Å². The molecular weight excluding hydrogens is 313 g/mol. The molecule has 2 unspecified atom stereocenters. The summed E-state index contributed by atoms with van der Waals surface area (Å²) < 4.78 is 42.2. The van der Waals surface area contributed by atoms with Crippen LogP contribution in [0.5, 0.6) is 0 Å². The van der Waals surface area contributed by atoms with E-state index in [1.807, 2.05) is 19.9 Å². The van der Waals surface area contributed by atoms with Crippen LogP contribution in [0.2, 0.25) is 0 Å². The predicted molar refractivity (Wildman–Crippen MR) is 71.4 cm³/mol. The maximum atomic E-state index is 13.3. The molecule has 0 aliphatic carbocycles. The van der Waals surface area contributed by atoms with E-state index in [4.69, 9.17) is 14.7 Å². The highest BCUT2D eigenvalue weighted by molar-refractivity contribution is 7.60. The summed E-state index contributed by atoms with van der Waals surface area (Å²) in [5.74, 6) is 0. The minimum Gasteiger partial charge on any atom is -0.302 e. The van der Waals surface area contributed by atoms with Crippen LogP contribution in [0.4, 0.5) is 4.39 Å². The van der Waals surface area contributed by atoms with Crippen molar-refractivity contribution in [3.8, 4) is 0 Å². The van der Waals surface area contributed by atoms with E-state index in [0.29, 0.717) is 18.4 Å². The van der Waals surface area contributed by atoms with E-state index in [1.54, 1.807) is 6.92 Å².